The smallest absolute Gasteiger partial charge is 0.305 e. The van der Waals surface area contributed by atoms with E-state index in [-0.39, 0.29) is 17.0 Å². The number of rotatable bonds is 13. The average molecular weight is 840 g/mol. The summed E-state index contributed by atoms with van der Waals surface area (Å²) in [5, 5.41) is 7.16. The highest BCUT2D eigenvalue weighted by Crippen LogP contribution is 2.37. The molecule has 2 fully saturated rings. The van der Waals surface area contributed by atoms with E-state index in [4.69, 9.17) is 52.1 Å². The molecule has 10 nitrogen and oxygen atoms in total. The van der Waals surface area contributed by atoms with E-state index in [0.717, 1.165) is 50.1 Å². The fraction of sp³-hybridized carbons (Fsp3) is 0.378. The van der Waals surface area contributed by atoms with Gasteiger partial charge in [-0.3, -0.25) is 9.69 Å². The van der Waals surface area contributed by atoms with Crippen LogP contribution in [0.4, 0.5) is 5.95 Å². The lowest BCUT2D eigenvalue weighted by molar-refractivity contribution is -0.142. The topological polar surface area (TPSA) is 102 Å². The first-order valence-corrected chi connectivity index (χ1v) is 22.7. The first kappa shape index (κ1) is 41.8. The number of carbonyl (C=O) groups is 1. The van der Waals surface area contributed by atoms with Crippen molar-refractivity contribution in [2.75, 3.05) is 51.3 Å². The van der Waals surface area contributed by atoms with Gasteiger partial charge in [-0.15, -0.1) is 0 Å². The van der Waals surface area contributed by atoms with Gasteiger partial charge in [0.1, 0.15) is 0 Å². The van der Waals surface area contributed by atoms with Gasteiger partial charge in [0.2, 0.25) is 11.8 Å². The Morgan fingerprint density at radius 3 is 2.12 bits per heavy atom. The van der Waals surface area contributed by atoms with E-state index < -0.39 is 8.32 Å². The van der Waals surface area contributed by atoms with Gasteiger partial charge in [0.05, 0.1) is 31.8 Å². The molecule has 0 spiro atoms. The molecule has 3 aromatic carbocycles. The lowest BCUT2D eigenvalue weighted by atomic mass is 9.93. The Kier molecular flexibility index (Phi) is 13.5. The standard InChI is InChI=1S/C45H52Cl2N6O4Si/c1-45(2,3)58(39-11-7-5-8-12-39,40-13-9-6-10-14-40)56-31-37-30-53(20-17-48-37)44-49-27-38(28-50-44)57-42-22-33(21-41(51-42)34-24-35(46)26-36(47)25-34)29-52-18-15-32(16-19-52)23-43(54)55-4/h5-14,21-22,24-28,32,37,48H,15-20,23,29-31H2,1-4H3. The minimum Gasteiger partial charge on any atom is -0.469 e. The summed E-state index contributed by atoms with van der Waals surface area (Å²) in [7, 11) is -1.23. The van der Waals surface area contributed by atoms with E-state index in [1.807, 2.05) is 24.3 Å². The van der Waals surface area contributed by atoms with Crippen LogP contribution >= 0.6 is 23.2 Å². The van der Waals surface area contributed by atoms with Crippen LogP contribution in [0.5, 0.6) is 11.6 Å². The molecule has 13 heteroatoms. The number of likely N-dealkylation sites (tertiary alicyclic amines) is 1. The molecule has 0 radical (unpaired) electrons. The van der Waals surface area contributed by atoms with Crippen LogP contribution < -0.4 is 25.3 Å². The van der Waals surface area contributed by atoms with E-state index in [1.165, 1.54) is 17.5 Å². The summed E-state index contributed by atoms with van der Waals surface area (Å²) in [4.78, 5) is 30.8. The molecule has 304 valence electrons. The monoisotopic (exact) mass is 838 g/mol. The number of hydrogen-bond acceptors (Lipinski definition) is 10. The minimum atomic E-state index is -2.68. The molecular weight excluding hydrogens is 788 g/mol. The van der Waals surface area contributed by atoms with Crippen molar-refractivity contribution < 1.29 is 18.7 Å². The lowest BCUT2D eigenvalue weighted by Gasteiger charge is -2.44. The number of nitrogens with one attached hydrogen (secondary N) is 1. The number of ether oxygens (including phenoxy) is 2. The van der Waals surface area contributed by atoms with Gasteiger partial charge in [0, 0.05) is 60.3 Å². The minimum absolute atomic E-state index is 0.0823. The van der Waals surface area contributed by atoms with Crippen molar-refractivity contribution in [2.24, 2.45) is 5.92 Å². The van der Waals surface area contributed by atoms with E-state index in [1.54, 1.807) is 18.5 Å². The number of halogens is 2. The Bertz CT molecular complexity index is 2070. The molecule has 2 aliphatic heterocycles. The fourth-order valence-electron chi connectivity index (χ4n) is 8.23. The maximum atomic E-state index is 11.8. The second-order valence-electron chi connectivity index (χ2n) is 16.2. The van der Waals surface area contributed by atoms with Gasteiger partial charge in [-0.1, -0.05) is 105 Å². The van der Waals surface area contributed by atoms with Gasteiger partial charge in [0.15, 0.2) is 5.75 Å². The van der Waals surface area contributed by atoms with Gasteiger partial charge in [-0.05, 0) is 77.1 Å². The van der Waals surface area contributed by atoms with Crippen molar-refractivity contribution in [1.82, 2.24) is 25.2 Å². The SMILES string of the molecule is COC(=O)CC1CCN(Cc2cc(Oc3cnc(N4CCNC(CO[Si](c5ccccc5)(c5ccccc5)C(C)(C)C)C4)nc3)nc(-c3cc(Cl)cc(Cl)c3)c2)CC1. The third kappa shape index (κ3) is 10.1. The van der Waals surface area contributed by atoms with Crippen LogP contribution in [-0.2, 0) is 20.5 Å². The number of carbonyl (C=O) groups excluding carboxylic acids is 1. The van der Waals surface area contributed by atoms with E-state index >= 15 is 0 Å². The Morgan fingerprint density at radius 1 is 0.879 bits per heavy atom. The number of methoxy groups -OCH3 is 1. The summed E-state index contributed by atoms with van der Waals surface area (Å²) >= 11 is 12.8. The van der Waals surface area contributed by atoms with Gasteiger partial charge in [-0.2, -0.15) is 0 Å². The molecule has 7 rings (SSSR count). The van der Waals surface area contributed by atoms with Crippen LogP contribution in [0.2, 0.25) is 15.1 Å². The predicted octanol–water partition coefficient (Wildman–Crippen LogP) is 7.77. The van der Waals surface area contributed by atoms with Crippen molar-refractivity contribution in [2.45, 2.75) is 57.7 Å². The first-order chi connectivity index (χ1) is 28.0. The quantitative estimate of drug-likeness (QED) is 0.0936. The van der Waals surface area contributed by atoms with E-state index in [2.05, 4.69) is 96.6 Å². The maximum absolute atomic E-state index is 11.8. The van der Waals surface area contributed by atoms with Crippen molar-refractivity contribution in [3.05, 3.63) is 119 Å². The number of benzene rings is 3. The molecule has 0 saturated carbocycles. The third-order valence-corrected chi connectivity index (χ3v) is 16.6. The highest BCUT2D eigenvalue weighted by atomic mass is 35.5. The van der Waals surface area contributed by atoms with Crippen molar-refractivity contribution in [3.8, 4) is 22.9 Å². The summed E-state index contributed by atoms with van der Waals surface area (Å²) in [5.41, 5.74) is 2.52. The molecule has 0 aliphatic carbocycles. The van der Waals surface area contributed by atoms with Crippen LogP contribution in [0.15, 0.2) is 103 Å². The molecule has 1 N–H and O–H groups in total. The fourth-order valence-corrected chi connectivity index (χ4v) is 13.4. The summed E-state index contributed by atoms with van der Waals surface area (Å²) < 4.78 is 18.5. The number of pyridine rings is 1. The first-order valence-electron chi connectivity index (χ1n) is 20.0. The predicted molar refractivity (Wildman–Crippen MR) is 234 cm³/mol. The molecule has 2 saturated heterocycles. The van der Waals surface area contributed by atoms with Crippen LogP contribution in [0, 0.1) is 5.92 Å². The summed E-state index contributed by atoms with van der Waals surface area (Å²) in [5.74, 6) is 1.72. The molecule has 0 bridgehead atoms. The van der Waals surface area contributed by atoms with Crippen LogP contribution in [0.25, 0.3) is 11.3 Å². The van der Waals surface area contributed by atoms with Gasteiger partial charge in [-0.25, -0.2) is 15.0 Å². The Balaban J connectivity index is 1.05. The maximum Gasteiger partial charge on any atom is 0.305 e. The Morgan fingerprint density at radius 2 is 1.52 bits per heavy atom. The number of aromatic nitrogens is 3. The zero-order chi connectivity index (χ0) is 40.7. The average Bonchev–Trinajstić information content (AvgIpc) is 3.22. The summed E-state index contributed by atoms with van der Waals surface area (Å²) in [6.45, 7) is 12.2. The highest BCUT2D eigenvalue weighted by Gasteiger charge is 2.50. The third-order valence-electron chi connectivity index (χ3n) is 11.1. The van der Waals surface area contributed by atoms with Crippen LogP contribution in [0.3, 0.4) is 0 Å². The second kappa shape index (κ2) is 18.7. The van der Waals surface area contributed by atoms with Crippen molar-refractivity contribution in [3.63, 3.8) is 0 Å². The zero-order valence-corrected chi connectivity index (χ0v) is 36.2. The Hall–Kier alpha value is -4.36. The summed E-state index contributed by atoms with van der Waals surface area (Å²) in [6.07, 6.45) is 5.74. The number of anilines is 1. The molecular formula is C45H52Cl2N6O4Si. The molecule has 5 aromatic rings. The van der Waals surface area contributed by atoms with Gasteiger partial charge < -0.3 is 24.1 Å². The molecule has 0 amide bonds. The van der Waals surface area contributed by atoms with Gasteiger partial charge in [0.25, 0.3) is 8.32 Å². The molecule has 58 heavy (non-hydrogen) atoms. The normalized spacial score (nSPS) is 16.9. The zero-order valence-electron chi connectivity index (χ0n) is 33.7. The molecule has 1 atom stereocenters. The number of hydrogen-bond donors (Lipinski definition) is 1. The molecule has 1 unspecified atom stereocenters. The van der Waals surface area contributed by atoms with Crippen molar-refractivity contribution in [1.29, 1.82) is 0 Å². The molecule has 4 heterocycles. The number of nitrogens with zero attached hydrogens (tertiary/aromatic N) is 5. The van der Waals surface area contributed by atoms with E-state index in [0.29, 0.717) is 65.4 Å². The number of piperidine rings is 1. The highest BCUT2D eigenvalue weighted by molar-refractivity contribution is 6.99. The Labute approximate surface area is 353 Å². The number of piperazine rings is 1. The van der Waals surface area contributed by atoms with Gasteiger partial charge >= 0.3 is 5.97 Å². The summed E-state index contributed by atoms with van der Waals surface area (Å²) in [6, 6.07) is 31.0. The number of esters is 1. The van der Waals surface area contributed by atoms with Crippen LogP contribution in [-0.4, -0.2) is 86.6 Å². The molecule has 2 aromatic heterocycles. The van der Waals surface area contributed by atoms with Crippen LogP contribution in [0.1, 0.15) is 45.6 Å². The van der Waals surface area contributed by atoms with Crippen molar-refractivity contribution >= 4 is 53.8 Å². The van der Waals surface area contributed by atoms with E-state index in [9.17, 15) is 4.79 Å². The second-order valence-corrected chi connectivity index (χ2v) is 21.4. The lowest BCUT2D eigenvalue weighted by Crippen LogP contribution is -2.68. The largest absolute Gasteiger partial charge is 0.469 e. The molecule has 2 aliphatic rings.